The third kappa shape index (κ3) is 7.26. The lowest BCUT2D eigenvalue weighted by atomic mass is 10.0. The minimum Gasteiger partial charge on any atom is -0.399 e. The van der Waals surface area contributed by atoms with Crippen molar-refractivity contribution < 1.29 is 18.0 Å². The summed E-state index contributed by atoms with van der Waals surface area (Å²) >= 11 is 0. The number of nitrogens with one attached hydrogen (secondary N) is 1. The van der Waals surface area contributed by atoms with Crippen molar-refractivity contribution in [3.63, 3.8) is 0 Å². The van der Waals surface area contributed by atoms with E-state index in [1.807, 2.05) is 43.3 Å². The van der Waals surface area contributed by atoms with Gasteiger partial charge in [0.25, 0.3) is 15.9 Å². The number of fused-ring (bicyclic) bond motifs is 1. The SMILES string of the molecule is CCCN(OCc1ccc(N)cc1)C(=O)C1=Cc2ccc(-c3cccc(S(=O)(=O)Nc4ccncc4)c3)cc2N=C(N)C1. The predicted octanol–water partition coefficient (Wildman–Crippen LogP) is 5.28. The van der Waals surface area contributed by atoms with Crippen LogP contribution < -0.4 is 16.2 Å². The maximum Gasteiger partial charge on any atom is 0.273 e. The fourth-order valence-electron chi connectivity index (χ4n) is 4.54. The van der Waals surface area contributed by atoms with Gasteiger partial charge in [-0.1, -0.05) is 43.3 Å². The molecule has 0 aliphatic carbocycles. The molecule has 5 N–H and O–H groups in total. The van der Waals surface area contributed by atoms with Gasteiger partial charge in [-0.2, -0.15) is 0 Å². The third-order valence-electron chi connectivity index (χ3n) is 6.70. The van der Waals surface area contributed by atoms with Crippen molar-refractivity contribution >= 4 is 44.9 Å². The third-order valence-corrected chi connectivity index (χ3v) is 8.08. The average Bonchev–Trinajstić information content (AvgIpc) is 3.17. The van der Waals surface area contributed by atoms with E-state index in [1.165, 1.54) is 23.5 Å². The number of hydrogen-bond donors (Lipinski definition) is 3. The van der Waals surface area contributed by atoms with E-state index in [4.69, 9.17) is 16.3 Å². The van der Waals surface area contributed by atoms with E-state index < -0.39 is 10.0 Å². The number of hydrogen-bond acceptors (Lipinski definition) is 8. The Kier molecular flexibility index (Phi) is 8.84. The number of carbonyl (C=O) groups excluding carboxylic acids is 1. The Bertz CT molecular complexity index is 1790. The van der Waals surface area contributed by atoms with Crippen LogP contribution in [-0.4, -0.2) is 36.8 Å². The van der Waals surface area contributed by atoms with Gasteiger partial charge in [0, 0.05) is 42.2 Å². The average molecular weight is 597 g/mol. The molecular weight excluding hydrogens is 564 g/mol. The minimum absolute atomic E-state index is 0.113. The van der Waals surface area contributed by atoms with E-state index in [9.17, 15) is 13.2 Å². The summed E-state index contributed by atoms with van der Waals surface area (Å²) in [6.07, 6.45) is 5.67. The molecule has 0 fully saturated rings. The van der Waals surface area contributed by atoms with Crippen LogP contribution in [0.3, 0.4) is 0 Å². The summed E-state index contributed by atoms with van der Waals surface area (Å²) in [6.45, 7) is 2.59. The van der Waals surface area contributed by atoms with Crippen molar-refractivity contribution in [3.8, 4) is 11.1 Å². The van der Waals surface area contributed by atoms with Gasteiger partial charge in [0.1, 0.15) is 12.4 Å². The summed E-state index contributed by atoms with van der Waals surface area (Å²) in [6, 6.07) is 22.6. The Morgan fingerprint density at radius 3 is 2.47 bits per heavy atom. The number of hydroxylamine groups is 2. The van der Waals surface area contributed by atoms with Crippen molar-refractivity contribution in [2.75, 3.05) is 17.0 Å². The Hall–Kier alpha value is -5.00. The predicted molar refractivity (Wildman–Crippen MR) is 168 cm³/mol. The number of pyridine rings is 1. The Labute approximate surface area is 250 Å². The van der Waals surface area contributed by atoms with Gasteiger partial charge in [0.05, 0.1) is 16.3 Å². The van der Waals surface area contributed by atoms with Crippen LogP contribution in [0.15, 0.2) is 107 Å². The molecule has 4 aromatic rings. The molecule has 3 aromatic carbocycles. The number of amidine groups is 1. The van der Waals surface area contributed by atoms with Gasteiger partial charge in [-0.3, -0.25) is 19.3 Å². The van der Waals surface area contributed by atoms with Crippen molar-refractivity contribution in [3.05, 3.63) is 108 Å². The van der Waals surface area contributed by atoms with Crippen molar-refractivity contribution in [2.24, 2.45) is 10.7 Å². The fourth-order valence-corrected chi connectivity index (χ4v) is 5.64. The number of anilines is 2. The number of aromatic nitrogens is 1. The first kappa shape index (κ1) is 29.5. The summed E-state index contributed by atoms with van der Waals surface area (Å²) in [5.41, 5.74) is 17.2. The second-order valence-electron chi connectivity index (χ2n) is 10.0. The molecule has 0 radical (unpaired) electrons. The molecule has 1 aliphatic rings. The zero-order valence-electron chi connectivity index (χ0n) is 23.6. The van der Waals surface area contributed by atoms with E-state index >= 15 is 0 Å². The molecule has 43 heavy (non-hydrogen) atoms. The maximum atomic E-state index is 13.6. The van der Waals surface area contributed by atoms with Crippen LogP contribution in [0.1, 0.15) is 30.9 Å². The number of nitrogens with zero attached hydrogens (tertiary/aromatic N) is 3. The van der Waals surface area contributed by atoms with Gasteiger partial charge in [0.15, 0.2) is 0 Å². The molecule has 0 bridgehead atoms. The van der Waals surface area contributed by atoms with E-state index in [2.05, 4.69) is 14.7 Å². The lowest BCUT2D eigenvalue weighted by Gasteiger charge is -2.22. The molecule has 11 heteroatoms. The van der Waals surface area contributed by atoms with Crippen LogP contribution in [0.25, 0.3) is 17.2 Å². The summed E-state index contributed by atoms with van der Waals surface area (Å²) < 4.78 is 28.6. The molecule has 10 nitrogen and oxygen atoms in total. The fraction of sp³-hybridized carbons (Fsp3) is 0.156. The van der Waals surface area contributed by atoms with E-state index in [1.54, 1.807) is 42.5 Å². The summed E-state index contributed by atoms with van der Waals surface area (Å²) in [5.74, 6) is -0.00432. The monoisotopic (exact) mass is 596 g/mol. The topological polar surface area (TPSA) is 153 Å². The number of aliphatic imine (C=N–C) groups is 1. The second-order valence-corrected chi connectivity index (χ2v) is 11.7. The van der Waals surface area contributed by atoms with Crippen molar-refractivity contribution in [1.29, 1.82) is 0 Å². The number of amides is 1. The van der Waals surface area contributed by atoms with E-state index in [0.717, 1.165) is 11.1 Å². The minimum atomic E-state index is -3.82. The first-order valence-corrected chi connectivity index (χ1v) is 15.2. The molecular formula is C32H32N6O4S. The summed E-state index contributed by atoms with van der Waals surface area (Å²) in [7, 11) is -3.82. The van der Waals surface area contributed by atoms with Crippen LogP contribution in [0.5, 0.6) is 0 Å². The van der Waals surface area contributed by atoms with Crippen LogP contribution in [0.4, 0.5) is 17.1 Å². The normalized spacial score (nSPS) is 12.9. The maximum absolute atomic E-state index is 13.6. The molecule has 220 valence electrons. The zero-order chi connectivity index (χ0) is 30.4. The molecule has 2 heterocycles. The van der Waals surface area contributed by atoms with Gasteiger partial charge in [-0.15, -0.1) is 0 Å². The Morgan fingerprint density at radius 2 is 1.72 bits per heavy atom. The number of rotatable bonds is 10. The lowest BCUT2D eigenvalue weighted by molar-refractivity contribution is -0.187. The molecule has 5 rings (SSSR count). The highest BCUT2D eigenvalue weighted by Crippen LogP contribution is 2.33. The van der Waals surface area contributed by atoms with Gasteiger partial charge in [0.2, 0.25) is 0 Å². The van der Waals surface area contributed by atoms with Crippen LogP contribution in [0, 0.1) is 0 Å². The number of carbonyl (C=O) groups is 1. The Balaban J connectivity index is 1.39. The molecule has 0 unspecified atom stereocenters. The molecule has 1 aromatic heterocycles. The van der Waals surface area contributed by atoms with Crippen LogP contribution >= 0.6 is 0 Å². The highest BCUT2D eigenvalue weighted by molar-refractivity contribution is 7.92. The molecule has 1 aliphatic heterocycles. The molecule has 0 saturated heterocycles. The van der Waals surface area contributed by atoms with Gasteiger partial charge < -0.3 is 11.5 Å². The number of nitrogens with two attached hydrogens (primary N) is 2. The molecule has 0 spiro atoms. The quantitative estimate of drug-likeness (QED) is 0.166. The number of sulfonamides is 1. The smallest absolute Gasteiger partial charge is 0.273 e. The molecule has 1 amide bonds. The number of nitrogen functional groups attached to an aromatic ring is 1. The van der Waals surface area contributed by atoms with E-state index in [0.29, 0.717) is 46.7 Å². The molecule has 0 atom stereocenters. The Morgan fingerprint density at radius 1 is 0.977 bits per heavy atom. The highest BCUT2D eigenvalue weighted by atomic mass is 32.2. The zero-order valence-corrected chi connectivity index (χ0v) is 24.4. The van der Waals surface area contributed by atoms with Gasteiger partial charge in [-0.25, -0.2) is 18.5 Å². The van der Waals surface area contributed by atoms with Crippen LogP contribution in [0.2, 0.25) is 0 Å². The summed E-state index contributed by atoms with van der Waals surface area (Å²) in [5, 5.41) is 1.36. The van der Waals surface area contributed by atoms with Crippen molar-refractivity contribution in [2.45, 2.75) is 31.3 Å². The second kappa shape index (κ2) is 12.9. The van der Waals surface area contributed by atoms with Gasteiger partial charge >= 0.3 is 0 Å². The first-order chi connectivity index (χ1) is 20.7. The van der Waals surface area contributed by atoms with Crippen LogP contribution in [-0.2, 0) is 26.3 Å². The number of benzene rings is 3. The van der Waals surface area contributed by atoms with E-state index in [-0.39, 0.29) is 29.7 Å². The lowest BCUT2D eigenvalue weighted by Crippen LogP contribution is -2.34. The van der Waals surface area contributed by atoms with Gasteiger partial charge in [-0.05, 0) is 71.7 Å². The standard InChI is InChI=1S/C32H32N6O4S/c1-2-16-38(42-21-22-6-10-27(33)11-7-22)32(39)26-17-25-9-8-24(19-30(25)36-31(34)20-26)23-4-3-5-29(18-23)43(40,41)37-28-12-14-35-15-13-28/h3-15,17-19H,2,16,20-21,33H2,1H3,(H2,34,36)(H,35,37). The summed E-state index contributed by atoms with van der Waals surface area (Å²) in [4.78, 5) is 28.1. The molecule has 0 saturated carbocycles. The first-order valence-electron chi connectivity index (χ1n) is 13.7. The van der Waals surface area contributed by atoms with Crippen molar-refractivity contribution in [1.82, 2.24) is 10.0 Å². The highest BCUT2D eigenvalue weighted by Gasteiger charge is 2.23. The largest absolute Gasteiger partial charge is 0.399 e.